The lowest BCUT2D eigenvalue weighted by Crippen LogP contribution is -2.17. The number of nitro benzene ring substituents is 1. The molecule has 0 saturated carbocycles. The van der Waals surface area contributed by atoms with Crippen LogP contribution in [0.15, 0.2) is 58.5 Å². The van der Waals surface area contributed by atoms with Crippen LogP contribution < -0.4 is 24.1 Å². The van der Waals surface area contributed by atoms with E-state index in [4.69, 9.17) is 8.92 Å². The Labute approximate surface area is 214 Å². The second kappa shape index (κ2) is 11.5. The number of rotatable bonds is 11. The molecule has 1 heterocycles. The van der Waals surface area contributed by atoms with Crippen molar-refractivity contribution in [3.8, 4) is 11.5 Å². The first-order chi connectivity index (χ1) is 17.5. The zero-order valence-corrected chi connectivity index (χ0v) is 21.8. The van der Waals surface area contributed by atoms with Gasteiger partial charge in [0, 0.05) is 40.3 Å². The standard InChI is InChI=1S/C23H27N7O6S/c1-6-35-19-13-16(15-24-27-21-14-22(28(2)3)26-23(25-21)29(4)5)11-12-18(19)36-37(33,34)20-10-8-7-9-17(20)30(31)32/h7-15H,6H2,1-5H3,(H,25,26,27)/b24-15-. The van der Waals surface area contributed by atoms with Crippen LogP contribution in [0.4, 0.5) is 23.3 Å². The number of nitro groups is 1. The van der Waals surface area contributed by atoms with Crippen molar-refractivity contribution in [3.63, 3.8) is 0 Å². The Balaban J connectivity index is 1.85. The van der Waals surface area contributed by atoms with Crippen LogP contribution in [0.3, 0.4) is 0 Å². The minimum Gasteiger partial charge on any atom is -0.490 e. The Morgan fingerprint density at radius 3 is 2.43 bits per heavy atom. The summed E-state index contributed by atoms with van der Waals surface area (Å²) >= 11 is 0. The highest BCUT2D eigenvalue weighted by Crippen LogP contribution is 2.33. The number of para-hydroxylation sites is 1. The molecule has 0 bridgehead atoms. The topological polar surface area (TPSA) is 152 Å². The van der Waals surface area contributed by atoms with Crippen LogP contribution in [0.25, 0.3) is 0 Å². The Kier molecular flexibility index (Phi) is 8.45. The summed E-state index contributed by atoms with van der Waals surface area (Å²) in [4.78, 5) is 22.4. The second-order valence-electron chi connectivity index (χ2n) is 7.97. The van der Waals surface area contributed by atoms with E-state index in [2.05, 4.69) is 20.5 Å². The molecule has 13 nitrogen and oxygen atoms in total. The average molecular weight is 530 g/mol. The number of hydrogen-bond donors (Lipinski definition) is 1. The van der Waals surface area contributed by atoms with E-state index in [0.717, 1.165) is 12.1 Å². The lowest BCUT2D eigenvalue weighted by molar-refractivity contribution is -0.387. The van der Waals surface area contributed by atoms with Crippen LogP contribution in [0.5, 0.6) is 11.5 Å². The quantitative estimate of drug-likeness (QED) is 0.169. The zero-order chi connectivity index (χ0) is 27.2. The maximum absolute atomic E-state index is 12.8. The van der Waals surface area contributed by atoms with E-state index >= 15 is 0 Å². The average Bonchev–Trinajstić information content (AvgIpc) is 2.85. The Hall–Kier alpha value is -4.46. The molecule has 0 spiro atoms. The SMILES string of the molecule is CCOc1cc(/C=N\Nc2cc(N(C)C)nc(N(C)C)n2)ccc1OS(=O)(=O)c1ccccc1[N+](=O)[O-]. The predicted molar refractivity (Wildman–Crippen MR) is 140 cm³/mol. The molecule has 14 heteroatoms. The number of nitrogens with one attached hydrogen (secondary N) is 1. The molecule has 0 aliphatic rings. The minimum absolute atomic E-state index is 0.118. The van der Waals surface area contributed by atoms with Crippen LogP contribution >= 0.6 is 0 Å². The maximum atomic E-state index is 12.8. The molecule has 0 radical (unpaired) electrons. The highest BCUT2D eigenvalue weighted by molar-refractivity contribution is 7.87. The van der Waals surface area contributed by atoms with Crippen molar-refractivity contribution < 1.29 is 22.3 Å². The first-order valence-corrected chi connectivity index (χ1v) is 12.4. The summed E-state index contributed by atoms with van der Waals surface area (Å²) in [6.07, 6.45) is 1.50. The van der Waals surface area contributed by atoms with Crippen LogP contribution in [-0.4, -0.2) is 64.3 Å². The van der Waals surface area contributed by atoms with Gasteiger partial charge in [0.05, 0.1) is 17.7 Å². The van der Waals surface area contributed by atoms with Gasteiger partial charge in [0.15, 0.2) is 22.2 Å². The molecule has 37 heavy (non-hydrogen) atoms. The lowest BCUT2D eigenvalue weighted by atomic mass is 10.2. The zero-order valence-electron chi connectivity index (χ0n) is 20.9. The number of ether oxygens (including phenoxy) is 1. The molecule has 0 saturated heterocycles. The molecule has 3 rings (SSSR count). The third-order valence-electron chi connectivity index (χ3n) is 4.75. The Bertz CT molecular complexity index is 1380. The molecule has 3 aromatic rings. The van der Waals surface area contributed by atoms with Gasteiger partial charge in [-0.05, 0) is 36.8 Å². The number of nitrogens with zero attached hydrogens (tertiary/aromatic N) is 6. The van der Waals surface area contributed by atoms with Gasteiger partial charge < -0.3 is 18.7 Å². The van der Waals surface area contributed by atoms with Crippen molar-refractivity contribution in [1.29, 1.82) is 0 Å². The molecule has 0 atom stereocenters. The van der Waals surface area contributed by atoms with Crippen molar-refractivity contribution in [2.24, 2.45) is 5.10 Å². The fraction of sp³-hybridized carbons (Fsp3) is 0.261. The van der Waals surface area contributed by atoms with Gasteiger partial charge in [0.2, 0.25) is 5.95 Å². The van der Waals surface area contributed by atoms with Gasteiger partial charge in [-0.1, -0.05) is 12.1 Å². The first-order valence-electron chi connectivity index (χ1n) is 11.0. The van der Waals surface area contributed by atoms with Crippen molar-refractivity contribution in [2.45, 2.75) is 11.8 Å². The summed E-state index contributed by atoms with van der Waals surface area (Å²) in [6.45, 7) is 1.95. The monoisotopic (exact) mass is 529 g/mol. The molecule has 1 aromatic heterocycles. The molecule has 2 aromatic carbocycles. The van der Waals surface area contributed by atoms with Gasteiger partial charge in [-0.25, -0.2) is 0 Å². The molecule has 0 aliphatic heterocycles. The van der Waals surface area contributed by atoms with Crippen LogP contribution in [-0.2, 0) is 10.1 Å². The van der Waals surface area contributed by atoms with E-state index in [9.17, 15) is 18.5 Å². The van der Waals surface area contributed by atoms with Gasteiger partial charge in [0.25, 0.3) is 5.69 Å². The summed E-state index contributed by atoms with van der Waals surface area (Å²) < 4.78 is 36.4. The van der Waals surface area contributed by atoms with Crippen molar-refractivity contribution in [3.05, 3.63) is 64.2 Å². The highest BCUT2D eigenvalue weighted by Gasteiger charge is 2.28. The molecule has 0 aliphatic carbocycles. The molecule has 0 amide bonds. The number of hydrazone groups is 1. The smallest absolute Gasteiger partial charge is 0.346 e. The molecule has 0 unspecified atom stereocenters. The third-order valence-corrected chi connectivity index (χ3v) is 6.03. The largest absolute Gasteiger partial charge is 0.490 e. The minimum atomic E-state index is -4.51. The van der Waals surface area contributed by atoms with Gasteiger partial charge in [-0.15, -0.1) is 0 Å². The third kappa shape index (κ3) is 6.82. The summed E-state index contributed by atoms with van der Waals surface area (Å²) in [5.41, 5.74) is 2.84. The van der Waals surface area contributed by atoms with Crippen molar-refractivity contribution in [1.82, 2.24) is 9.97 Å². The van der Waals surface area contributed by atoms with Crippen molar-refractivity contribution >= 4 is 39.6 Å². The Morgan fingerprint density at radius 1 is 1.05 bits per heavy atom. The summed E-state index contributed by atoms with van der Waals surface area (Å²) in [7, 11) is 2.88. The van der Waals surface area contributed by atoms with Gasteiger partial charge in [0.1, 0.15) is 5.82 Å². The Morgan fingerprint density at radius 2 is 1.78 bits per heavy atom. The van der Waals surface area contributed by atoms with E-state index < -0.39 is 25.6 Å². The molecular weight excluding hydrogens is 502 g/mol. The number of anilines is 3. The molecular formula is C23H27N7O6S. The normalized spacial score (nSPS) is 11.3. The lowest BCUT2D eigenvalue weighted by Gasteiger charge is -2.17. The second-order valence-corrected chi connectivity index (χ2v) is 9.49. The van der Waals surface area contributed by atoms with E-state index in [1.165, 1.54) is 30.5 Å². The number of hydrogen-bond acceptors (Lipinski definition) is 12. The fourth-order valence-corrected chi connectivity index (χ4v) is 4.11. The van der Waals surface area contributed by atoms with E-state index in [-0.39, 0.29) is 18.1 Å². The van der Waals surface area contributed by atoms with Gasteiger partial charge >= 0.3 is 10.1 Å². The van der Waals surface area contributed by atoms with Crippen LogP contribution in [0.1, 0.15) is 12.5 Å². The van der Waals surface area contributed by atoms with Gasteiger partial charge in [-0.2, -0.15) is 23.5 Å². The summed E-state index contributed by atoms with van der Waals surface area (Å²) in [5, 5.41) is 15.5. The molecule has 1 N–H and O–H groups in total. The number of aromatic nitrogens is 2. The van der Waals surface area contributed by atoms with E-state index in [0.29, 0.717) is 23.1 Å². The highest BCUT2D eigenvalue weighted by atomic mass is 32.2. The maximum Gasteiger partial charge on any atom is 0.346 e. The van der Waals surface area contributed by atoms with Crippen molar-refractivity contribution in [2.75, 3.05) is 50.0 Å². The summed E-state index contributed by atoms with van der Waals surface area (Å²) in [5.74, 6) is 1.67. The van der Waals surface area contributed by atoms with E-state index in [1.807, 2.05) is 33.1 Å². The van der Waals surface area contributed by atoms with E-state index in [1.54, 1.807) is 24.0 Å². The van der Waals surface area contributed by atoms with Gasteiger partial charge in [-0.3, -0.25) is 15.5 Å². The van der Waals surface area contributed by atoms with Crippen LogP contribution in [0.2, 0.25) is 0 Å². The summed E-state index contributed by atoms with van der Waals surface area (Å²) in [6, 6.07) is 11.2. The fourth-order valence-electron chi connectivity index (χ4n) is 3.01. The molecule has 196 valence electrons. The number of benzene rings is 2. The first kappa shape index (κ1) is 27.1. The predicted octanol–water partition coefficient (Wildman–Crippen LogP) is 3.13. The molecule has 0 fully saturated rings. The van der Waals surface area contributed by atoms with Crippen LogP contribution in [0, 0.1) is 10.1 Å².